The number of hydrogen-bond acceptors (Lipinski definition) is 1. The second-order valence-corrected chi connectivity index (χ2v) is 5.17. The van der Waals surface area contributed by atoms with Gasteiger partial charge in [-0.2, -0.15) is 0 Å². The monoisotopic (exact) mass is 291 g/mol. The fourth-order valence-electron chi connectivity index (χ4n) is 1.92. The van der Waals surface area contributed by atoms with Gasteiger partial charge in [0.2, 0.25) is 0 Å². The van der Waals surface area contributed by atoms with Crippen LogP contribution in [0.2, 0.25) is 5.02 Å². The highest BCUT2D eigenvalue weighted by molar-refractivity contribution is 6.30. The molecule has 2 aromatic rings. The lowest BCUT2D eigenvalue weighted by atomic mass is 10.1. The predicted molar refractivity (Wildman–Crippen MR) is 78.5 cm³/mol. The zero-order valence-corrected chi connectivity index (χ0v) is 12.0. The molecular formula is C16H15ClFNO. The molecular weight excluding hydrogens is 277 g/mol. The van der Waals surface area contributed by atoms with E-state index in [0.29, 0.717) is 5.02 Å². The van der Waals surface area contributed by atoms with Crippen molar-refractivity contribution >= 4 is 17.5 Å². The highest BCUT2D eigenvalue weighted by Gasteiger charge is 2.15. The topological polar surface area (TPSA) is 29.1 Å². The van der Waals surface area contributed by atoms with Crippen molar-refractivity contribution in [2.45, 2.75) is 19.9 Å². The van der Waals surface area contributed by atoms with Crippen LogP contribution in [0.1, 0.15) is 34.5 Å². The van der Waals surface area contributed by atoms with Crippen LogP contribution < -0.4 is 5.32 Å². The lowest BCUT2D eigenvalue weighted by Gasteiger charge is -2.15. The van der Waals surface area contributed by atoms with E-state index in [0.717, 1.165) is 11.1 Å². The van der Waals surface area contributed by atoms with Crippen LogP contribution in [0.3, 0.4) is 0 Å². The van der Waals surface area contributed by atoms with Gasteiger partial charge >= 0.3 is 0 Å². The van der Waals surface area contributed by atoms with Gasteiger partial charge in [-0.15, -0.1) is 0 Å². The Kier molecular flexibility index (Phi) is 4.40. The summed E-state index contributed by atoms with van der Waals surface area (Å²) in [6.07, 6.45) is 0. The van der Waals surface area contributed by atoms with E-state index in [9.17, 15) is 9.18 Å². The first kappa shape index (κ1) is 14.5. The van der Waals surface area contributed by atoms with Crippen LogP contribution >= 0.6 is 11.6 Å². The molecule has 1 atom stereocenters. The van der Waals surface area contributed by atoms with Crippen molar-refractivity contribution in [2.24, 2.45) is 0 Å². The van der Waals surface area contributed by atoms with Crippen molar-refractivity contribution in [1.82, 2.24) is 5.32 Å². The minimum atomic E-state index is -0.517. The maximum absolute atomic E-state index is 13.6. The Hall–Kier alpha value is -1.87. The maximum atomic E-state index is 13.6. The summed E-state index contributed by atoms with van der Waals surface area (Å²) in [5, 5.41) is 3.41. The van der Waals surface area contributed by atoms with Crippen molar-refractivity contribution < 1.29 is 9.18 Å². The lowest BCUT2D eigenvalue weighted by Crippen LogP contribution is -2.27. The molecule has 0 aliphatic heterocycles. The molecule has 20 heavy (non-hydrogen) atoms. The molecule has 0 aliphatic carbocycles. The molecule has 0 bridgehead atoms. The van der Waals surface area contributed by atoms with Gasteiger partial charge in [-0.25, -0.2) is 4.39 Å². The van der Waals surface area contributed by atoms with Crippen molar-refractivity contribution in [3.8, 4) is 0 Å². The maximum Gasteiger partial charge on any atom is 0.254 e. The fourth-order valence-corrected chi connectivity index (χ4v) is 2.05. The molecule has 4 heteroatoms. The van der Waals surface area contributed by atoms with E-state index in [-0.39, 0.29) is 11.6 Å². The van der Waals surface area contributed by atoms with Crippen LogP contribution in [0.25, 0.3) is 0 Å². The number of carbonyl (C=O) groups excluding carboxylic acids is 1. The van der Waals surface area contributed by atoms with E-state index in [2.05, 4.69) is 5.32 Å². The first-order valence-corrected chi connectivity index (χ1v) is 6.67. The van der Waals surface area contributed by atoms with E-state index in [1.807, 2.05) is 26.0 Å². The van der Waals surface area contributed by atoms with Crippen molar-refractivity contribution in [2.75, 3.05) is 0 Å². The van der Waals surface area contributed by atoms with Gasteiger partial charge in [-0.05, 0) is 43.7 Å². The predicted octanol–water partition coefficient (Wildman–Crippen LogP) is 4.28. The SMILES string of the molecule is Cc1ccc(F)c(C(=O)NC(C)c2ccc(Cl)cc2)c1. The molecule has 0 fully saturated rings. The molecule has 1 unspecified atom stereocenters. The van der Waals surface area contributed by atoms with E-state index in [4.69, 9.17) is 11.6 Å². The number of hydrogen-bond donors (Lipinski definition) is 1. The number of aryl methyl sites for hydroxylation is 1. The third kappa shape index (κ3) is 3.36. The molecule has 0 aliphatic rings. The summed E-state index contributed by atoms with van der Waals surface area (Å²) < 4.78 is 13.6. The Morgan fingerprint density at radius 2 is 1.85 bits per heavy atom. The fraction of sp³-hybridized carbons (Fsp3) is 0.188. The molecule has 0 heterocycles. The second kappa shape index (κ2) is 6.06. The largest absolute Gasteiger partial charge is 0.345 e. The summed E-state index contributed by atoms with van der Waals surface area (Å²) >= 11 is 5.82. The Balaban J connectivity index is 2.15. The van der Waals surface area contributed by atoms with Gasteiger partial charge in [0.1, 0.15) is 5.82 Å². The number of carbonyl (C=O) groups is 1. The Labute approximate surface area is 122 Å². The van der Waals surface area contributed by atoms with Gasteiger partial charge in [-0.3, -0.25) is 4.79 Å². The van der Waals surface area contributed by atoms with Gasteiger partial charge in [-0.1, -0.05) is 35.4 Å². The summed E-state index contributed by atoms with van der Waals surface area (Å²) in [7, 11) is 0. The standard InChI is InChI=1S/C16H15ClFNO/c1-10-3-8-15(18)14(9-10)16(20)19-11(2)12-4-6-13(17)7-5-12/h3-9,11H,1-2H3,(H,19,20). The number of benzene rings is 2. The second-order valence-electron chi connectivity index (χ2n) is 4.73. The molecule has 2 aromatic carbocycles. The van der Waals surface area contributed by atoms with Gasteiger partial charge in [0.05, 0.1) is 11.6 Å². The molecule has 0 saturated carbocycles. The van der Waals surface area contributed by atoms with Crippen LogP contribution in [0.15, 0.2) is 42.5 Å². The molecule has 0 aromatic heterocycles. The zero-order valence-electron chi connectivity index (χ0n) is 11.3. The highest BCUT2D eigenvalue weighted by Crippen LogP contribution is 2.17. The highest BCUT2D eigenvalue weighted by atomic mass is 35.5. The normalized spacial score (nSPS) is 12.0. The molecule has 0 radical (unpaired) electrons. The summed E-state index contributed by atoms with van der Waals surface area (Å²) in [6.45, 7) is 3.66. The molecule has 1 amide bonds. The van der Waals surface area contributed by atoms with E-state index >= 15 is 0 Å². The number of nitrogens with one attached hydrogen (secondary N) is 1. The minimum Gasteiger partial charge on any atom is -0.345 e. The number of rotatable bonds is 3. The zero-order chi connectivity index (χ0) is 14.7. The van der Waals surface area contributed by atoms with E-state index in [1.54, 1.807) is 24.3 Å². The van der Waals surface area contributed by atoms with E-state index < -0.39 is 11.7 Å². The van der Waals surface area contributed by atoms with Gasteiger partial charge in [0.15, 0.2) is 0 Å². The van der Waals surface area contributed by atoms with Gasteiger partial charge < -0.3 is 5.32 Å². The Morgan fingerprint density at radius 3 is 2.50 bits per heavy atom. The van der Waals surface area contributed by atoms with Crippen molar-refractivity contribution in [1.29, 1.82) is 0 Å². The van der Waals surface area contributed by atoms with Crippen LogP contribution in [-0.4, -0.2) is 5.91 Å². The number of amides is 1. The molecule has 0 saturated heterocycles. The third-order valence-electron chi connectivity index (χ3n) is 3.08. The Bertz CT molecular complexity index is 625. The molecule has 104 valence electrons. The van der Waals surface area contributed by atoms with Crippen LogP contribution in [0.4, 0.5) is 4.39 Å². The van der Waals surface area contributed by atoms with Gasteiger partial charge in [0, 0.05) is 5.02 Å². The van der Waals surface area contributed by atoms with Crippen LogP contribution in [0, 0.1) is 12.7 Å². The first-order valence-electron chi connectivity index (χ1n) is 6.30. The smallest absolute Gasteiger partial charge is 0.254 e. The van der Waals surface area contributed by atoms with Gasteiger partial charge in [0.25, 0.3) is 5.91 Å². The summed E-state index contributed by atoms with van der Waals surface area (Å²) in [5.41, 5.74) is 1.82. The lowest BCUT2D eigenvalue weighted by molar-refractivity contribution is 0.0935. The van der Waals surface area contributed by atoms with Crippen molar-refractivity contribution in [3.05, 3.63) is 70.0 Å². The molecule has 2 nitrogen and oxygen atoms in total. The molecule has 0 spiro atoms. The number of halogens is 2. The van der Waals surface area contributed by atoms with Crippen LogP contribution in [0.5, 0.6) is 0 Å². The third-order valence-corrected chi connectivity index (χ3v) is 3.34. The average Bonchev–Trinajstić information content (AvgIpc) is 2.42. The van der Waals surface area contributed by atoms with E-state index in [1.165, 1.54) is 6.07 Å². The van der Waals surface area contributed by atoms with Crippen molar-refractivity contribution in [3.63, 3.8) is 0 Å². The molecule has 2 rings (SSSR count). The van der Waals surface area contributed by atoms with Crippen LogP contribution in [-0.2, 0) is 0 Å². The average molecular weight is 292 g/mol. The quantitative estimate of drug-likeness (QED) is 0.898. The molecule has 1 N–H and O–H groups in total. The summed E-state index contributed by atoms with van der Waals surface area (Å²) in [5.74, 6) is -0.940. The minimum absolute atomic E-state index is 0.0609. The first-order chi connectivity index (χ1) is 9.47. The summed E-state index contributed by atoms with van der Waals surface area (Å²) in [4.78, 5) is 12.1. The summed E-state index contributed by atoms with van der Waals surface area (Å²) in [6, 6.07) is 11.4. The Morgan fingerprint density at radius 1 is 1.20 bits per heavy atom.